The molecule has 150 valence electrons. The third kappa shape index (κ3) is 3.86. The van der Waals surface area contributed by atoms with E-state index >= 15 is 0 Å². The minimum absolute atomic E-state index is 0.0339. The summed E-state index contributed by atoms with van der Waals surface area (Å²) in [6.07, 6.45) is 3.73. The molecule has 3 N–H and O–H groups in total. The third-order valence-electron chi connectivity index (χ3n) is 5.58. The number of nitrogens with one attached hydrogen (secondary N) is 2. The summed E-state index contributed by atoms with van der Waals surface area (Å²) in [6.45, 7) is 3.05. The summed E-state index contributed by atoms with van der Waals surface area (Å²) >= 11 is 0. The van der Waals surface area contributed by atoms with Crippen LogP contribution in [0, 0.1) is 19.8 Å². The number of carboxylic acid groups (broad SMARTS) is 1. The molecule has 2 atom stereocenters. The number of carboxylic acids is 1. The Labute approximate surface area is 157 Å². The van der Waals surface area contributed by atoms with E-state index in [1.807, 2.05) is 0 Å². The molecule has 3 rings (SSSR count). The standard InChI is InChI=1S/C17H25N3O6S/c1-10-14(11(2)26-19-10)27(24,25)20-17(7-3-4-8-17)16(23)18-13-6-5-12(9-13)15(21)22/h12-13,20H,3-9H2,1-2H3,(H,18,23)(H,21,22)/t12-,13+/m0/s1. The van der Waals surface area contributed by atoms with Gasteiger partial charge in [0.15, 0.2) is 5.76 Å². The van der Waals surface area contributed by atoms with E-state index in [9.17, 15) is 18.0 Å². The Bertz CT molecular complexity index is 821. The lowest BCUT2D eigenvalue weighted by Gasteiger charge is -2.30. The summed E-state index contributed by atoms with van der Waals surface area (Å²) < 4.78 is 33.4. The van der Waals surface area contributed by atoms with Gasteiger partial charge in [-0.25, -0.2) is 8.42 Å². The molecular formula is C17H25N3O6S. The van der Waals surface area contributed by atoms with Gasteiger partial charge in [-0.2, -0.15) is 4.72 Å². The van der Waals surface area contributed by atoms with E-state index in [4.69, 9.17) is 9.63 Å². The van der Waals surface area contributed by atoms with Crippen LogP contribution in [0.3, 0.4) is 0 Å². The van der Waals surface area contributed by atoms with Crippen molar-refractivity contribution in [1.82, 2.24) is 15.2 Å². The molecular weight excluding hydrogens is 374 g/mol. The normalized spacial score (nSPS) is 24.8. The van der Waals surface area contributed by atoms with Crippen molar-refractivity contribution in [3.05, 3.63) is 11.5 Å². The summed E-state index contributed by atoms with van der Waals surface area (Å²) in [7, 11) is -3.98. The Morgan fingerprint density at radius 2 is 1.89 bits per heavy atom. The highest BCUT2D eigenvalue weighted by Crippen LogP contribution is 2.34. The van der Waals surface area contributed by atoms with Gasteiger partial charge < -0.3 is 14.9 Å². The van der Waals surface area contributed by atoms with E-state index in [2.05, 4.69) is 15.2 Å². The molecule has 2 fully saturated rings. The minimum atomic E-state index is -3.98. The first-order valence-corrected chi connectivity index (χ1v) is 10.6. The van der Waals surface area contributed by atoms with Crippen LogP contribution in [-0.4, -0.2) is 42.1 Å². The quantitative estimate of drug-likeness (QED) is 0.654. The molecule has 1 aromatic heterocycles. The Balaban J connectivity index is 1.78. The van der Waals surface area contributed by atoms with Crippen LogP contribution in [0.15, 0.2) is 9.42 Å². The molecule has 0 unspecified atom stereocenters. The van der Waals surface area contributed by atoms with Crippen LogP contribution in [0.2, 0.25) is 0 Å². The topological polar surface area (TPSA) is 139 Å². The van der Waals surface area contributed by atoms with Gasteiger partial charge in [0, 0.05) is 6.04 Å². The summed E-state index contributed by atoms with van der Waals surface area (Å²) in [5.41, 5.74) is -0.982. The van der Waals surface area contributed by atoms with Crippen molar-refractivity contribution >= 4 is 21.9 Å². The minimum Gasteiger partial charge on any atom is -0.481 e. The second-order valence-corrected chi connectivity index (χ2v) is 9.19. The summed E-state index contributed by atoms with van der Waals surface area (Å²) in [6, 6.07) is -0.250. The molecule has 0 saturated heterocycles. The van der Waals surface area contributed by atoms with E-state index in [0.29, 0.717) is 32.1 Å². The van der Waals surface area contributed by atoms with Crippen LogP contribution in [-0.2, 0) is 19.6 Å². The Hall–Kier alpha value is -1.94. The molecule has 1 heterocycles. The van der Waals surface area contributed by atoms with Crippen molar-refractivity contribution in [2.75, 3.05) is 0 Å². The van der Waals surface area contributed by atoms with Crippen molar-refractivity contribution in [3.8, 4) is 0 Å². The summed E-state index contributed by atoms with van der Waals surface area (Å²) in [4.78, 5) is 24.1. The highest BCUT2D eigenvalue weighted by Gasteiger charge is 2.46. The van der Waals surface area contributed by atoms with E-state index in [1.165, 1.54) is 13.8 Å². The van der Waals surface area contributed by atoms with Crippen molar-refractivity contribution in [3.63, 3.8) is 0 Å². The van der Waals surface area contributed by atoms with E-state index in [0.717, 1.165) is 12.8 Å². The number of hydrogen-bond acceptors (Lipinski definition) is 6. The van der Waals surface area contributed by atoms with Crippen molar-refractivity contribution in [2.24, 2.45) is 5.92 Å². The highest BCUT2D eigenvalue weighted by molar-refractivity contribution is 7.89. The Morgan fingerprint density at radius 3 is 2.41 bits per heavy atom. The molecule has 1 amide bonds. The fraction of sp³-hybridized carbons (Fsp3) is 0.706. The lowest BCUT2D eigenvalue weighted by Crippen LogP contribution is -2.58. The zero-order valence-electron chi connectivity index (χ0n) is 15.4. The van der Waals surface area contributed by atoms with Gasteiger partial charge in [-0.1, -0.05) is 18.0 Å². The fourth-order valence-electron chi connectivity index (χ4n) is 4.18. The average molecular weight is 399 g/mol. The average Bonchev–Trinajstić information content (AvgIpc) is 3.28. The lowest BCUT2D eigenvalue weighted by molar-refractivity contribution is -0.141. The maximum absolute atomic E-state index is 13.0. The van der Waals surface area contributed by atoms with Gasteiger partial charge in [0.05, 0.1) is 5.92 Å². The second-order valence-electron chi connectivity index (χ2n) is 7.57. The molecule has 27 heavy (non-hydrogen) atoms. The third-order valence-corrected chi connectivity index (χ3v) is 7.35. The maximum atomic E-state index is 13.0. The van der Waals surface area contributed by atoms with E-state index in [-0.39, 0.29) is 28.3 Å². The molecule has 2 saturated carbocycles. The molecule has 10 heteroatoms. The molecule has 2 aliphatic carbocycles. The Kier molecular flexibility index (Phi) is 5.31. The maximum Gasteiger partial charge on any atom is 0.306 e. The number of rotatable bonds is 6. The largest absolute Gasteiger partial charge is 0.481 e. The van der Waals surface area contributed by atoms with Gasteiger partial charge >= 0.3 is 5.97 Å². The fourth-order valence-corrected chi connectivity index (χ4v) is 5.94. The summed E-state index contributed by atoms with van der Waals surface area (Å²) in [5.74, 6) is -1.53. The van der Waals surface area contributed by atoms with Crippen molar-refractivity contribution in [2.45, 2.75) is 75.3 Å². The van der Waals surface area contributed by atoms with Gasteiger partial charge in [0.25, 0.3) is 0 Å². The van der Waals surface area contributed by atoms with Gasteiger partial charge in [-0.05, 0) is 46.0 Å². The van der Waals surface area contributed by atoms with Crippen molar-refractivity contribution < 1.29 is 27.6 Å². The lowest BCUT2D eigenvalue weighted by atomic mass is 9.97. The second kappa shape index (κ2) is 7.23. The van der Waals surface area contributed by atoms with Crippen LogP contribution in [0.4, 0.5) is 0 Å². The molecule has 2 aliphatic rings. The molecule has 0 radical (unpaired) electrons. The van der Waals surface area contributed by atoms with Gasteiger partial charge in [0.1, 0.15) is 16.1 Å². The SMILES string of the molecule is Cc1noc(C)c1S(=O)(=O)NC1(C(=O)N[C@@H]2CC[C@H](C(=O)O)C2)CCCC1. The van der Waals surface area contributed by atoms with Crippen LogP contribution < -0.4 is 10.0 Å². The smallest absolute Gasteiger partial charge is 0.306 e. The Morgan fingerprint density at radius 1 is 1.22 bits per heavy atom. The van der Waals surface area contributed by atoms with Crippen LogP contribution in [0.25, 0.3) is 0 Å². The zero-order chi connectivity index (χ0) is 19.8. The molecule has 0 aromatic carbocycles. The molecule has 9 nitrogen and oxygen atoms in total. The number of carbonyl (C=O) groups is 2. The van der Waals surface area contributed by atoms with Gasteiger partial charge in [0.2, 0.25) is 15.9 Å². The number of aliphatic carboxylic acids is 1. The first-order chi connectivity index (χ1) is 12.6. The molecule has 0 aliphatic heterocycles. The number of hydrogen-bond donors (Lipinski definition) is 3. The number of aryl methyl sites for hydroxylation is 2. The predicted molar refractivity (Wildman–Crippen MR) is 94.4 cm³/mol. The van der Waals surface area contributed by atoms with E-state index in [1.54, 1.807) is 0 Å². The van der Waals surface area contributed by atoms with Crippen LogP contribution in [0.1, 0.15) is 56.4 Å². The van der Waals surface area contributed by atoms with Crippen LogP contribution in [0.5, 0.6) is 0 Å². The number of aromatic nitrogens is 1. The number of sulfonamides is 1. The predicted octanol–water partition coefficient (Wildman–Crippen LogP) is 1.25. The first-order valence-electron chi connectivity index (χ1n) is 9.15. The highest BCUT2D eigenvalue weighted by atomic mass is 32.2. The number of nitrogens with zero attached hydrogens (tertiary/aromatic N) is 1. The molecule has 0 spiro atoms. The molecule has 0 bridgehead atoms. The van der Waals surface area contributed by atoms with Gasteiger partial charge in [-0.15, -0.1) is 0 Å². The van der Waals surface area contributed by atoms with Gasteiger partial charge in [-0.3, -0.25) is 9.59 Å². The van der Waals surface area contributed by atoms with Crippen LogP contribution >= 0.6 is 0 Å². The van der Waals surface area contributed by atoms with E-state index < -0.39 is 27.4 Å². The number of amides is 1. The molecule has 1 aromatic rings. The number of carbonyl (C=O) groups excluding carboxylic acids is 1. The first kappa shape index (κ1) is 19.8. The monoisotopic (exact) mass is 399 g/mol. The van der Waals surface area contributed by atoms with Crippen molar-refractivity contribution in [1.29, 1.82) is 0 Å². The zero-order valence-corrected chi connectivity index (χ0v) is 16.3. The summed E-state index contributed by atoms with van der Waals surface area (Å²) in [5, 5.41) is 15.7.